The van der Waals surface area contributed by atoms with Crippen molar-refractivity contribution in [1.82, 2.24) is 10.3 Å². The Kier molecular flexibility index (Phi) is 3.88. The van der Waals surface area contributed by atoms with Crippen molar-refractivity contribution in [2.24, 2.45) is 0 Å². The van der Waals surface area contributed by atoms with E-state index in [9.17, 15) is 4.39 Å². The third-order valence-electron chi connectivity index (χ3n) is 2.64. The van der Waals surface area contributed by atoms with E-state index in [1.54, 1.807) is 12.3 Å². The maximum absolute atomic E-state index is 13.5. The average molecular weight is 233 g/mol. The average Bonchev–Trinajstić information content (AvgIpc) is 2.36. The van der Waals surface area contributed by atoms with Crippen LogP contribution in [0.2, 0.25) is 0 Å². The first kappa shape index (κ1) is 11.8. The largest absolute Gasteiger partial charge is 0.384 e. The monoisotopic (exact) mass is 233 g/mol. The molecule has 0 aliphatic carbocycles. The normalized spacial score (nSPS) is 10.7. The van der Waals surface area contributed by atoms with Gasteiger partial charge in [0.25, 0.3) is 0 Å². The summed E-state index contributed by atoms with van der Waals surface area (Å²) in [5.74, 6) is -0.277. The number of pyridine rings is 1. The zero-order valence-electron chi connectivity index (χ0n) is 9.83. The van der Waals surface area contributed by atoms with Crippen LogP contribution < -0.4 is 10.6 Å². The minimum absolute atomic E-state index is 0.277. The molecule has 1 aromatic heterocycles. The Hall–Kier alpha value is -1.68. The number of rotatable bonds is 5. The van der Waals surface area contributed by atoms with Gasteiger partial charge in [0.1, 0.15) is 11.3 Å². The van der Waals surface area contributed by atoms with Crippen LogP contribution in [-0.4, -0.2) is 25.1 Å². The van der Waals surface area contributed by atoms with E-state index < -0.39 is 0 Å². The summed E-state index contributed by atoms with van der Waals surface area (Å²) < 4.78 is 13.5. The van der Waals surface area contributed by atoms with Gasteiger partial charge < -0.3 is 10.6 Å². The summed E-state index contributed by atoms with van der Waals surface area (Å²) in [6, 6.07) is 6.89. The summed E-state index contributed by atoms with van der Waals surface area (Å²) in [6.45, 7) is 1.82. The van der Waals surface area contributed by atoms with Crippen molar-refractivity contribution in [3.63, 3.8) is 0 Å². The number of nitrogens with zero attached hydrogens (tertiary/aromatic N) is 1. The van der Waals surface area contributed by atoms with Crippen LogP contribution in [0.25, 0.3) is 10.9 Å². The lowest BCUT2D eigenvalue weighted by atomic mass is 10.2. The molecule has 0 aliphatic heterocycles. The summed E-state index contributed by atoms with van der Waals surface area (Å²) in [5.41, 5.74) is 1.36. The number of benzene rings is 1. The second-order valence-corrected chi connectivity index (χ2v) is 3.88. The van der Waals surface area contributed by atoms with Gasteiger partial charge in [-0.05, 0) is 32.1 Å². The SMILES string of the molecule is CNCCCNc1ccnc2c(F)cccc12. The van der Waals surface area contributed by atoms with Gasteiger partial charge in [-0.2, -0.15) is 0 Å². The Bertz CT molecular complexity index is 499. The van der Waals surface area contributed by atoms with Crippen LogP contribution in [-0.2, 0) is 0 Å². The lowest BCUT2D eigenvalue weighted by Gasteiger charge is -2.09. The summed E-state index contributed by atoms with van der Waals surface area (Å²) in [4.78, 5) is 4.06. The summed E-state index contributed by atoms with van der Waals surface area (Å²) in [5, 5.41) is 7.22. The van der Waals surface area contributed by atoms with Gasteiger partial charge in [0.15, 0.2) is 0 Å². The van der Waals surface area contributed by atoms with Crippen molar-refractivity contribution in [1.29, 1.82) is 0 Å². The molecule has 0 radical (unpaired) electrons. The van der Waals surface area contributed by atoms with Gasteiger partial charge in [-0.15, -0.1) is 0 Å². The number of fused-ring (bicyclic) bond motifs is 1. The first-order valence-corrected chi connectivity index (χ1v) is 5.74. The summed E-state index contributed by atoms with van der Waals surface area (Å²) in [7, 11) is 1.93. The van der Waals surface area contributed by atoms with Gasteiger partial charge >= 0.3 is 0 Å². The molecule has 0 saturated heterocycles. The Morgan fingerprint density at radius 1 is 1.24 bits per heavy atom. The van der Waals surface area contributed by atoms with Crippen molar-refractivity contribution < 1.29 is 4.39 Å². The maximum Gasteiger partial charge on any atom is 0.149 e. The molecule has 0 bridgehead atoms. The Morgan fingerprint density at radius 2 is 2.12 bits per heavy atom. The zero-order valence-corrected chi connectivity index (χ0v) is 9.83. The molecule has 0 aliphatic rings. The fourth-order valence-electron chi connectivity index (χ4n) is 1.78. The standard InChI is InChI=1S/C13H16FN3/c1-15-7-3-8-16-12-6-9-17-13-10(12)4-2-5-11(13)14/h2,4-6,9,15H,3,7-8H2,1H3,(H,16,17). The van der Waals surface area contributed by atoms with E-state index in [-0.39, 0.29) is 5.82 Å². The molecule has 4 heteroatoms. The van der Waals surface area contributed by atoms with Crippen molar-refractivity contribution >= 4 is 16.6 Å². The maximum atomic E-state index is 13.5. The topological polar surface area (TPSA) is 37.0 Å². The molecule has 2 aromatic rings. The molecule has 2 rings (SSSR count). The molecule has 1 heterocycles. The van der Waals surface area contributed by atoms with Crippen LogP contribution in [0.3, 0.4) is 0 Å². The molecular formula is C13H16FN3. The van der Waals surface area contributed by atoms with E-state index in [1.807, 2.05) is 19.2 Å². The van der Waals surface area contributed by atoms with Gasteiger partial charge in [-0.1, -0.05) is 12.1 Å². The van der Waals surface area contributed by atoms with Crippen molar-refractivity contribution in [2.75, 3.05) is 25.5 Å². The second kappa shape index (κ2) is 5.59. The van der Waals surface area contributed by atoms with Gasteiger partial charge in [0.2, 0.25) is 0 Å². The van der Waals surface area contributed by atoms with Crippen LogP contribution in [0.4, 0.5) is 10.1 Å². The number of halogens is 1. The van der Waals surface area contributed by atoms with E-state index in [2.05, 4.69) is 15.6 Å². The molecule has 0 unspecified atom stereocenters. The lowest BCUT2D eigenvalue weighted by molar-refractivity contribution is 0.637. The molecular weight excluding hydrogens is 217 g/mol. The Balaban J connectivity index is 2.19. The molecule has 0 spiro atoms. The molecule has 90 valence electrons. The Labute approximate surface area is 100 Å². The van der Waals surface area contributed by atoms with Crippen molar-refractivity contribution in [2.45, 2.75) is 6.42 Å². The van der Waals surface area contributed by atoms with Crippen LogP contribution in [0.1, 0.15) is 6.42 Å². The number of hydrogen-bond acceptors (Lipinski definition) is 3. The number of aromatic nitrogens is 1. The first-order valence-electron chi connectivity index (χ1n) is 5.74. The molecule has 1 aromatic carbocycles. The smallest absolute Gasteiger partial charge is 0.149 e. The van der Waals surface area contributed by atoms with E-state index in [0.717, 1.165) is 30.6 Å². The fraction of sp³-hybridized carbons (Fsp3) is 0.308. The van der Waals surface area contributed by atoms with Gasteiger partial charge in [0, 0.05) is 23.8 Å². The van der Waals surface area contributed by atoms with E-state index >= 15 is 0 Å². The van der Waals surface area contributed by atoms with Crippen LogP contribution in [0, 0.1) is 5.82 Å². The number of anilines is 1. The lowest BCUT2D eigenvalue weighted by Crippen LogP contribution is -2.13. The van der Waals surface area contributed by atoms with Crippen LogP contribution in [0.5, 0.6) is 0 Å². The highest BCUT2D eigenvalue weighted by atomic mass is 19.1. The Morgan fingerprint density at radius 3 is 2.94 bits per heavy atom. The molecule has 0 amide bonds. The number of hydrogen-bond donors (Lipinski definition) is 2. The van der Waals surface area contributed by atoms with Crippen LogP contribution in [0.15, 0.2) is 30.5 Å². The molecule has 0 fully saturated rings. The molecule has 17 heavy (non-hydrogen) atoms. The third kappa shape index (κ3) is 2.71. The van der Waals surface area contributed by atoms with Gasteiger partial charge in [0.05, 0.1) is 0 Å². The van der Waals surface area contributed by atoms with E-state index in [0.29, 0.717) is 5.52 Å². The quantitative estimate of drug-likeness (QED) is 0.779. The molecule has 0 saturated carbocycles. The second-order valence-electron chi connectivity index (χ2n) is 3.88. The van der Waals surface area contributed by atoms with E-state index in [4.69, 9.17) is 0 Å². The molecule has 3 nitrogen and oxygen atoms in total. The van der Waals surface area contributed by atoms with Crippen LogP contribution >= 0.6 is 0 Å². The summed E-state index contributed by atoms with van der Waals surface area (Å²) in [6.07, 6.45) is 2.65. The minimum Gasteiger partial charge on any atom is -0.384 e. The van der Waals surface area contributed by atoms with E-state index in [1.165, 1.54) is 6.07 Å². The zero-order chi connectivity index (χ0) is 12.1. The predicted octanol–water partition coefficient (Wildman–Crippen LogP) is 2.40. The van der Waals surface area contributed by atoms with Crippen molar-refractivity contribution in [3.05, 3.63) is 36.3 Å². The third-order valence-corrected chi connectivity index (χ3v) is 2.64. The minimum atomic E-state index is -0.277. The highest BCUT2D eigenvalue weighted by Crippen LogP contribution is 2.23. The van der Waals surface area contributed by atoms with Gasteiger partial charge in [-0.3, -0.25) is 4.98 Å². The number of nitrogens with one attached hydrogen (secondary N) is 2. The fourth-order valence-corrected chi connectivity index (χ4v) is 1.78. The molecule has 2 N–H and O–H groups in total. The first-order chi connectivity index (χ1) is 8.33. The highest BCUT2D eigenvalue weighted by Gasteiger charge is 2.04. The molecule has 0 atom stereocenters. The summed E-state index contributed by atoms with van der Waals surface area (Å²) >= 11 is 0. The number of para-hydroxylation sites is 1. The van der Waals surface area contributed by atoms with Crippen molar-refractivity contribution in [3.8, 4) is 0 Å². The predicted molar refractivity (Wildman–Crippen MR) is 68.7 cm³/mol. The highest BCUT2D eigenvalue weighted by molar-refractivity contribution is 5.91. The van der Waals surface area contributed by atoms with Gasteiger partial charge in [-0.25, -0.2) is 4.39 Å².